The Morgan fingerprint density at radius 1 is 1.04 bits per heavy atom. The Morgan fingerprint density at radius 2 is 1.76 bits per heavy atom. The normalized spacial score (nSPS) is 20.7. The summed E-state index contributed by atoms with van der Waals surface area (Å²) in [6.45, 7) is -0.0173. The number of hydrogen-bond donors (Lipinski definition) is 3. The van der Waals surface area contributed by atoms with Crippen LogP contribution >= 0.6 is 0 Å². The van der Waals surface area contributed by atoms with Crippen molar-refractivity contribution in [2.75, 3.05) is 48.9 Å². The van der Waals surface area contributed by atoms with E-state index < -0.39 is 32.6 Å². The van der Waals surface area contributed by atoms with E-state index >= 15 is 0 Å². The number of benzene rings is 2. The van der Waals surface area contributed by atoms with Gasteiger partial charge in [0.05, 0.1) is 47.0 Å². The Bertz CT molecular complexity index is 1810. The van der Waals surface area contributed by atoms with Crippen LogP contribution in [0.5, 0.6) is 5.75 Å². The molecule has 2 aromatic carbocycles. The SMILES string of the molecule is COc1cc(S(N)(=O)=O)ccc1NCC#Cc1cc2c(NC3CCC(N4CCS(=O)(=O)CC4)CC3)cccc2n1CC(F)(F)F. The second-order valence-electron chi connectivity index (χ2n) is 11.4. The maximum absolute atomic E-state index is 13.6. The quantitative estimate of drug-likeness (QED) is 0.309. The van der Waals surface area contributed by atoms with Crippen molar-refractivity contribution in [1.82, 2.24) is 9.47 Å². The van der Waals surface area contributed by atoms with Gasteiger partial charge < -0.3 is 19.9 Å². The van der Waals surface area contributed by atoms with Crippen LogP contribution in [0.1, 0.15) is 31.4 Å². The third kappa shape index (κ3) is 8.23. The molecular formula is C30H36F3N5O5S2. The largest absolute Gasteiger partial charge is 0.495 e. The lowest BCUT2D eigenvalue weighted by Crippen LogP contribution is -2.48. The van der Waals surface area contributed by atoms with Gasteiger partial charge in [-0.1, -0.05) is 12.0 Å². The fourth-order valence-corrected chi connectivity index (χ4v) is 7.79. The summed E-state index contributed by atoms with van der Waals surface area (Å²) in [6, 6.07) is 11.4. The van der Waals surface area contributed by atoms with Gasteiger partial charge in [-0.25, -0.2) is 22.0 Å². The van der Waals surface area contributed by atoms with Gasteiger partial charge in [0.2, 0.25) is 10.0 Å². The van der Waals surface area contributed by atoms with Gasteiger partial charge in [0.15, 0.2) is 9.84 Å². The molecule has 0 atom stereocenters. The molecule has 1 saturated carbocycles. The molecule has 244 valence electrons. The van der Waals surface area contributed by atoms with Crippen LogP contribution in [0, 0.1) is 11.8 Å². The van der Waals surface area contributed by atoms with Gasteiger partial charge in [0, 0.05) is 42.3 Å². The number of anilines is 2. The molecule has 1 saturated heterocycles. The van der Waals surface area contributed by atoms with Gasteiger partial charge in [-0.2, -0.15) is 13.2 Å². The van der Waals surface area contributed by atoms with E-state index in [-0.39, 0.29) is 40.4 Å². The number of fused-ring (bicyclic) bond motifs is 1. The standard InChI is InChI=1S/C30H36F3N5O5S2/c1-43-29-19-24(45(34,41)42)11-12-27(29)35-13-3-4-23-18-25-26(5-2-6-28(25)38(23)20-30(31,32)33)36-21-7-9-22(10-8-21)37-14-16-44(39,40)17-15-37/h2,5-6,11-12,18-19,21-22,35-36H,7-10,13-17,20H2,1H3,(H2,34,41,42). The summed E-state index contributed by atoms with van der Waals surface area (Å²) >= 11 is 0. The van der Waals surface area contributed by atoms with Crippen LogP contribution in [0.2, 0.25) is 0 Å². The molecular weight excluding hydrogens is 631 g/mol. The number of hydrogen-bond acceptors (Lipinski definition) is 8. The smallest absolute Gasteiger partial charge is 0.406 e. The minimum Gasteiger partial charge on any atom is -0.495 e. The molecule has 0 amide bonds. The first-order valence-electron chi connectivity index (χ1n) is 14.6. The average molecular weight is 668 g/mol. The number of methoxy groups -OCH3 is 1. The van der Waals surface area contributed by atoms with Crippen LogP contribution < -0.4 is 20.5 Å². The van der Waals surface area contributed by atoms with Gasteiger partial charge in [-0.15, -0.1) is 0 Å². The van der Waals surface area contributed by atoms with E-state index in [1.54, 1.807) is 18.2 Å². The molecule has 1 aromatic heterocycles. The van der Waals surface area contributed by atoms with Crippen LogP contribution in [0.3, 0.4) is 0 Å². The fraction of sp³-hybridized carbons (Fsp3) is 0.467. The van der Waals surface area contributed by atoms with Crippen LogP contribution in [-0.4, -0.2) is 82.8 Å². The highest BCUT2D eigenvalue weighted by Crippen LogP contribution is 2.33. The summed E-state index contributed by atoms with van der Waals surface area (Å²) in [6.07, 6.45) is -0.889. The third-order valence-corrected chi connectivity index (χ3v) is 10.8. The molecule has 0 spiro atoms. The molecule has 3 aromatic rings. The fourth-order valence-electron chi connectivity index (χ4n) is 6.03. The first-order valence-corrected chi connectivity index (χ1v) is 17.9. The van der Waals surface area contributed by atoms with Crippen LogP contribution in [-0.2, 0) is 26.4 Å². The van der Waals surface area contributed by atoms with Crippen LogP contribution in [0.4, 0.5) is 24.5 Å². The summed E-state index contributed by atoms with van der Waals surface area (Å²) in [4.78, 5) is 2.15. The van der Waals surface area contributed by atoms with Gasteiger partial charge in [0.1, 0.15) is 12.3 Å². The number of alkyl halides is 3. The minimum absolute atomic E-state index is 0.0515. The topological polar surface area (TPSA) is 136 Å². The highest BCUT2D eigenvalue weighted by molar-refractivity contribution is 7.91. The molecule has 2 fully saturated rings. The Morgan fingerprint density at radius 3 is 2.40 bits per heavy atom. The zero-order chi connectivity index (χ0) is 32.4. The molecule has 1 aliphatic carbocycles. The van der Waals surface area contributed by atoms with Crippen molar-refractivity contribution in [2.45, 2.75) is 55.4 Å². The molecule has 2 aliphatic rings. The summed E-state index contributed by atoms with van der Waals surface area (Å²) in [5.74, 6) is 6.36. The number of rotatable bonds is 8. The van der Waals surface area contributed by atoms with Crippen molar-refractivity contribution < 1.29 is 34.7 Å². The summed E-state index contributed by atoms with van der Waals surface area (Å²) < 4.78 is 94.2. The van der Waals surface area contributed by atoms with Gasteiger partial charge in [-0.3, -0.25) is 4.90 Å². The zero-order valence-corrected chi connectivity index (χ0v) is 26.4. The van der Waals surface area contributed by atoms with E-state index in [2.05, 4.69) is 27.4 Å². The van der Waals surface area contributed by atoms with E-state index in [0.717, 1.165) is 35.9 Å². The van der Waals surface area contributed by atoms with Crippen LogP contribution in [0.25, 0.3) is 10.9 Å². The van der Waals surface area contributed by atoms with E-state index in [4.69, 9.17) is 9.88 Å². The van der Waals surface area contributed by atoms with Crippen molar-refractivity contribution >= 4 is 42.1 Å². The molecule has 15 heteroatoms. The lowest BCUT2D eigenvalue weighted by atomic mass is 9.90. The molecule has 4 N–H and O–H groups in total. The number of primary sulfonamides is 1. The highest BCUT2D eigenvalue weighted by Gasteiger charge is 2.32. The second-order valence-corrected chi connectivity index (χ2v) is 15.2. The van der Waals surface area contributed by atoms with Crippen molar-refractivity contribution in [2.24, 2.45) is 5.14 Å². The lowest BCUT2D eigenvalue weighted by molar-refractivity contribution is -0.140. The maximum atomic E-state index is 13.6. The number of ether oxygens (including phenoxy) is 1. The van der Waals surface area contributed by atoms with E-state index in [1.165, 1.54) is 25.3 Å². The minimum atomic E-state index is -4.46. The van der Waals surface area contributed by atoms with E-state index in [9.17, 15) is 30.0 Å². The number of aromatic nitrogens is 1. The predicted octanol–water partition coefficient (Wildman–Crippen LogP) is 3.78. The Kier molecular flexibility index (Phi) is 9.60. The zero-order valence-electron chi connectivity index (χ0n) is 24.7. The Balaban J connectivity index is 1.31. The van der Waals surface area contributed by atoms with Crippen molar-refractivity contribution in [3.05, 3.63) is 48.2 Å². The lowest BCUT2D eigenvalue weighted by Gasteiger charge is -2.39. The van der Waals surface area contributed by atoms with E-state index in [1.807, 2.05) is 6.07 Å². The number of sulfonamides is 1. The monoisotopic (exact) mass is 667 g/mol. The highest BCUT2D eigenvalue weighted by atomic mass is 32.2. The molecule has 10 nitrogen and oxygen atoms in total. The van der Waals surface area contributed by atoms with Crippen molar-refractivity contribution in [3.63, 3.8) is 0 Å². The molecule has 0 bridgehead atoms. The number of nitrogens with one attached hydrogen (secondary N) is 2. The first-order chi connectivity index (χ1) is 21.2. The summed E-state index contributed by atoms with van der Waals surface area (Å²) in [5.41, 5.74) is 1.81. The Hall–Kier alpha value is -3.45. The molecule has 45 heavy (non-hydrogen) atoms. The van der Waals surface area contributed by atoms with E-state index in [0.29, 0.717) is 35.7 Å². The number of sulfone groups is 1. The summed E-state index contributed by atoms with van der Waals surface area (Å²) in [7, 11) is -5.49. The Labute approximate surface area is 261 Å². The third-order valence-electron chi connectivity index (χ3n) is 8.32. The van der Waals surface area contributed by atoms with Crippen LogP contribution in [0.15, 0.2) is 47.4 Å². The summed E-state index contributed by atoms with van der Waals surface area (Å²) in [5, 5.41) is 12.4. The maximum Gasteiger partial charge on any atom is 0.406 e. The van der Waals surface area contributed by atoms with Gasteiger partial charge >= 0.3 is 6.18 Å². The van der Waals surface area contributed by atoms with Crippen molar-refractivity contribution in [1.29, 1.82) is 0 Å². The molecule has 0 radical (unpaired) electrons. The van der Waals surface area contributed by atoms with Crippen molar-refractivity contribution in [3.8, 4) is 17.6 Å². The number of nitrogens with two attached hydrogens (primary N) is 1. The predicted molar refractivity (Wildman–Crippen MR) is 168 cm³/mol. The second kappa shape index (κ2) is 13.1. The first kappa shape index (κ1) is 32.9. The van der Waals surface area contributed by atoms with Gasteiger partial charge in [0.25, 0.3) is 0 Å². The molecule has 0 unspecified atom stereocenters. The molecule has 2 heterocycles. The molecule has 5 rings (SSSR count). The van der Waals surface area contributed by atoms with Gasteiger partial charge in [-0.05, 0) is 61.9 Å². The number of nitrogens with zero attached hydrogens (tertiary/aromatic N) is 2. The molecule has 1 aliphatic heterocycles. The average Bonchev–Trinajstić information content (AvgIpc) is 3.32. The number of halogens is 3.